The van der Waals surface area contributed by atoms with Gasteiger partial charge in [0.25, 0.3) is 0 Å². The minimum absolute atomic E-state index is 0.297. The quantitative estimate of drug-likeness (QED) is 0.664. The highest BCUT2D eigenvalue weighted by atomic mass is 16.3. The highest BCUT2D eigenvalue weighted by Gasteiger charge is 2.21. The average Bonchev–Trinajstić information content (AvgIpc) is 2.64. The van der Waals surface area contributed by atoms with E-state index in [9.17, 15) is 9.90 Å². The van der Waals surface area contributed by atoms with Gasteiger partial charge in [-0.05, 0) is 18.6 Å². The smallest absolute Gasteiger partial charge is 0.317 e. The number of carbonyl (C=O) groups excluding carboxylic acids is 1. The SMILES string of the molecule is NC(=O)Nc1cccc(N2CCC(O)C2)n1. The first-order valence-electron chi connectivity index (χ1n) is 5.11. The molecule has 86 valence electrons. The lowest BCUT2D eigenvalue weighted by Gasteiger charge is -2.17. The molecule has 1 aromatic heterocycles. The van der Waals surface area contributed by atoms with Crippen LogP contribution in [0.25, 0.3) is 0 Å². The Morgan fingerprint density at radius 3 is 3.06 bits per heavy atom. The van der Waals surface area contributed by atoms with E-state index in [1.165, 1.54) is 0 Å². The number of nitrogens with one attached hydrogen (secondary N) is 1. The van der Waals surface area contributed by atoms with Crippen LogP contribution < -0.4 is 16.0 Å². The number of rotatable bonds is 2. The first-order valence-corrected chi connectivity index (χ1v) is 5.11. The Morgan fingerprint density at radius 2 is 2.44 bits per heavy atom. The summed E-state index contributed by atoms with van der Waals surface area (Å²) in [6.07, 6.45) is 0.448. The second-order valence-corrected chi connectivity index (χ2v) is 3.76. The number of anilines is 2. The average molecular weight is 222 g/mol. The number of urea groups is 1. The van der Waals surface area contributed by atoms with Crippen molar-refractivity contribution in [2.75, 3.05) is 23.3 Å². The molecule has 1 aromatic rings. The molecule has 6 nitrogen and oxygen atoms in total. The first kappa shape index (κ1) is 10.7. The highest BCUT2D eigenvalue weighted by molar-refractivity contribution is 5.86. The van der Waals surface area contributed by atoms with Crippen LogP contribution in [0.15, 0.2) is 18.2 Å². The maximum atomic E-state index is 10.7. The summed E-state index contributed by atoms with van der Waals surface area (Å²) in [5.41, 5.74) is 5.01. The maximum absolute atomic E-state index is 10.7. The standard InChI is InChI=1S/C10H14N4O2/c11-10(16)13-8-2-1-3-9(12-8)14-5-4-7(15)6-14/h1-3,7,15H,4-6H2,(H3,11,12,13,16). The molecule has 1 aliphatic heterocycles. The molecule has 1 fully saturated rings. The fourth-order valence-electron chi connectivity index (χ4n) is 1.75. The van der Waals surface area contributed by atoms with E-state index < -0.39 is 6.03 Å². The number of primary amides is 1. The molecule has 0 bridgehead atoms. The number of β-amino-alcohol motifs (C(OH)–C–C–N with tert-alkyl or cyclic N) is 1. The Balaban J connectivity index is 2.12. The second kappa shape index (κ2) is 4.36. The van der Waals surface area contributed by atoms with E-state index in [-0.39, 0.29) is 6.10 Å². The van der Waals surface area contributed by atoms with Crippen molar-refractivity contribution in [2.45, 2.75) is 12.5 Å². The highest BCUT2D eigenvalue weighted by Crippen LogP contribution is 2.19. The van der Waals surface area contributed by atoms with Crippen LogP contribution in [0.3, 0.4) is 0 Å². The van der Waals surface area contributed by atoms with Crippen molar-refractivity contribution in [3.8, 4) is 0 Å². The van der Waals surface area contributed by atoms with Crippen LogP contribution in [0.4, 0.5) is 16.4 Å². The fourth-order valence-corrected chi connectivity index (χ4v) is 1.75. The molecule has 0 saturated carbocycles. The maximum Gasteiger partial charge on any atom is 0.317 e. The summed E-state index contributed by atoms with van der Waals surface area (Å²) in [5, 5.41) is 11.8. The third kappa shape index (κ3) is 2.40. The summed E-state index contributed by atoms with van der Waals surface area (Å²) in [5.74, 6) is 1.16. The summed E-state index contributed by atoms with van der Waals surface area (Å²) in [6, 6.07) is 4.66. The lowest BCUT2D eigenvalue weighted by atomic mass is 10.3. The van der Waals surface area contributed by atoms with Crippen molar-refractivity contribution >= 4 is 17.7 Å². The second-order valence-electron chi connectivity index (χ2n) is 3.76. The van der Waals surface area contributed by atoms with E-state index in [0.717, 1.165) is 18.8 Å². The van der Waals surface area contributed by atoms with Crippen molar-refractivity contribution in [2.24, 2.45) is 5.73 Å². The van der Waals surface area contributed by atoms with Crippen LogP contribution >= 0.6 is 0 Å². The molecule has 6 heteroatoms. The molecule has 1 aliphatic rings. The lowest BCUT2D eigenvalue weighted by Crippen LogP contribution is -2.24. The van der Waals surface area contributed by atoms with Gasteiger partial charge < -0.3 is 15.7 Å². The van der Waals surface area contributed by atoms with Crippen LogP contribution in [-0.2, 0) is 0 Å². The number of aliphatic hydroxyl groups excluding tert-OH is 1. The topological polar surface area (TPSA) is 91.5 Å². The van der Waals surface area contributed by atoms with Gasteiger partial charge in [0, 0.05) is 13.1 Å². The number of aliphatic hydroxyl groups is 1. The molecule has 1 saturated heterocycles. The van der Waals surface area contributed by atoms with Crippen LogP contribution in [-0.4, -0.2) is 35.3 Å². The Kier molecular flexibility index (Phi) is 2.91. The normalized spacial score (nSPS) is 19.8. The first-order chi connectivity index (χ1) is 7.65. The van der Waals surface area contributed by atoms with Gasteiger partial charge in [-0.25, -0.2) is 9.78 Å². The van der Waals surface area contributed by atoms with Gasteiger partial charge >= 0.3 is 6.03 Å². The minimum atomic E-state index is -0.633. The molecule has 0 spiro atoms. The van der Waals surface area contributed by atoms with Crippen molar-refractivity contribution in [1.29, 1.82) is 0 Å². The molecular formula is C10H14N4O2. The van der Waals surface area contributed by atoms with Crippen LogP contribution in [0.1, 0.15) is 6.42 Å². The fraction of sp³-hybridized carbons (Fsp3) is 0.400. The number of amides is 2. The molecule has 4 N–H and O–H groups in total. The third-order valence-corrected chi connectivity index (χ3v) is 2.47. The number of carbonyl (C=O) groups is 1. The van der Waals surface area contributed by atoms with E-state index >= 15 is 0 Å². The van der Waals surface area contributed by atoms with Crippen molar-refractivity contribution in [3.63, 3.8) is 0 Å². The predicted octanol–water partition coefficient (Wildman–Crippen LogP) is 0.143. The molecule has 0 aliphatic carbocycles. The molecule has 2 heterocycles. The van der Waals surface area contributed by atoms with Gasteiger partial charge in [-0.3, -0.25) is 5.32 Å². The van der Waals surface area contributed by atoms with Crippen molar-refractivity contribution in [3.05, 3.63) is 18.2 Å². The molecular weight excluding hydrogens is 208 g/mol. The van der Waals surface area contributed by atoms with Gasteiger partial charge in [-0.1, -0.05) is 6.07 Å². The predicted molar refractivity (Wildman–Crippen MR) is 60.3 cm³/mol. The zero-order valence-corrected chi connectivity index (χ0v) is 8.76. The van der Waals surface area contributed by atoms with Gasteiger partial charge in [-0.15, -0.1) is 0 Å². The lowest BCUT2D eigenvalue weighted by molar-refractivity contribution is 0.198. The van der Waals surface area contributed by atoms with Gasteiger partial charge in [0.15, 0.2) is 0 Å². The van der Waals surface area contributed by atoms with Crippen molar-refractivity contribution < 1.29 is 9.90 Å². The van der Waals surface area contributed by atoms with Crippen LogP contribution in [0.2, 0.25) is 0 Å². The third-order valence-electron chi connectivity index (χ3n) is 2.47. The summed E-state index contributed by atoms with van der Waals surface area (Å²) in [7, 11) is 0. The molecule has 0 aromatic carbocycles. The van der Waals surface area contributed by atoms with Crippen LogP contribution in [0.5, 0.6) is 0 Å². The van der Waals surface area contributed by atoms with E-state index in [4.69, 9.17) is 5.73 Å². The Bertz CT molecular complexity index is 396. The van der Waals surface area contributed by atoms with Crippen molar-refractivity contribution in [1.82, 2.24) is 4.98 Å². The number of nitrogens with two attached hydrogens (primary N) is 1. The zero-order valence-electron chi connectivity index (χ0n) is 8.76. The van der Waals surface area contributed by atoms with Gasteiger partial charge in [-0.2, -0.15) is 0 Å². The monoisotopic (exact) mass is 222 g/mol. The molecule has 2 rings (SSSR count). The largest absolute Gasteiger partial charge is 0.391 e. The number of hydrogen-bond donors (Lipinski definition) is 3. The van der Waals surface area contributed by atoms with E-state index in [1.54, 1.807) is 12.1 Å². The van der Waals surface area contributed by atoms with Gasteiger partial charge in [0.2, 0.25) is 0 Å². The van der Waals surface area contributed by atoms with Gasteiger partial charge in [0.05, 0.1) is 6.10 Å². The zero-order chi connectivity index (χ0) is 11.5. The minimum Gasteiger partial charge on any atom is -0.391 e. The Labute approximate surface area is 93.1 Å². The van der Waals surface area contributed by atoms with E-state index in [2.05, 4.69) is 10.3 Å². The summed E-state index contributed by atoms with van der Waals surface area (Å²) in [6.45, 7) is 1.35. The number of hydrogen-bond acceptors (Lipinski definition) is 4. The Hall–Kier alpha value is -1.82. The summed E-state index contributed by atoms with van der Waals surface area (Å²) < 4.78 is 0. The number of pyridine rings is 1. The summed E-state index contributed by atoms with van der Waals surface area (Å²) >= 11 is 0. The molecule has 1 unspecified atom stereocenters. The van der Waals surface area contributed by atoms with E-state index in [0.29, 0.717) is 12.4 Å². The van der Waals surface area contributed by atoms with Crippen LogP contribution in [0, 0.1) is 0 Å². The Morgan fingerprint density at radius 1 is 1.62 bits per heavy atom. The number of nitrogens with zero attached hydrogens (tertiary/aromatic N) is 2. The molecule has 0 radical (unpaired) electrons. The molecule has 1 atom stereocenters. The van der Waals surface area contributed by atoms with E-state index in [1.807, 2.05) is 11.0 Å². The summed E-state index contributed by atoms with van der Waals surface area (Å²) in [4.78, 5) is 16.9. The number of aromatic nitrogens is 1. The van der Waals surface area contributed by atoms with Gasteiger partial charge in [0.1, 0.15) is 11.6 Å². The molecule has 16 heavy (non-hydrogen) atoms. The molecule has 2 amide bonds.